The van der Waals surface area contributed by atoms with Crippen LogP contribution in [0.5, 0.6) is 0 Å². The molecule has 4 heteroatoms. The molecule has 1 heterocycles. The summed E-state index contributed by atoms with van der Waals surface area (Å²) in [5.41, 5.74) is 3.17. The highest BCUT2D eigenvalue weighted by molar-refractivity contribution is 9.10. The van der Waals surface area contributed by atoms with Crippen molar-refractivity contribution in [2.24, 2.45) is 0 Å². The molecule has 0 aliphatic heterocycles. The van der Waals surface area contributed by atoms with Gasteiger partial charge in [-0.15, -0.1) is 0 Å². The molecule has 1 aromatic heterocycles. The number of aryl methyl sites for hydroxylation is 1. The third kappa shape index (κ3) is 2.32. The largest absolute Gasteiger partial charge is 0.360 e. The van der Waals surface area contributed by atoms with E-state index in [2.05, 4.69) is 50.0 Å². The molecule has 15 heavy (non-hydrogen) atoms. The lowest BCUT2D eigenvalue weighted by Gasteiger charge is -2.01. The zero-order valence-corrected chi connectivity index (χ0v) is 11.3. The van der Waals surface area contributed by atoms with Crippen molar-refractivity contribution in [3.8, 4) is 11.3 Å². The zero-order valence-electron chi connectivity index (χ0n) is 8.13. The van der Waals surface area contributed by atoms with Gasteiger partial charge in [0.05, 0.1) is 5.33 Å². The van der Waals surface area contributed by atoms with Crippen molar-refractivity contribution >= 4 is 31.9 Å². The normalized spacial score (nSPS) is 10.6. The highest BCUT2D eigenvalue weighted by atomic mass is 79.9. The van der Waals surface area contributed by atoms with Crippen molar-refractivity contribution in [1.29, 1.82) is 0 Å². The summed E-state index contributed by atoms with van der Waals surface area (Å²) in [6.07, 6.45) is 0. The van der Waals surface area contributed by atoms with Gasteiger partial charge in [0.25, 0.3) is 0 Å². The molecular weight excluding hydrogens is 322 g/mol. The molecule has 0 fully saturated rings. The van der Waals surface area contributed by atoms with E-state index in [1.165, 1.54) is 5.56 Å². The molecule has 0 unspecified atom stereocenters. The molecule has 0 saturated carbocycles. The third-order valence-electron chi connectivity index (χ3n) is 2.16. The second-order valence-electron chi connectivity index (χ2n) is 3.27. The van der Waals surface area contributed by atoms with Crippen molar-refractivity contribution in [2.45, 2.75) is 12.3 Å². The summed E-state index contributed by atoms with van der Waals surface area (Å²) in [5, 5.41) is 4.72. The first-order valence-electron chi connectivity index (χ1n) is 4.49. The molecule has 1 aromatic carbocycles. The van der Waals surface area contributed by atoms with Gasteiger partial charge in [-0.1, -0.05) is 43.1 Å². The van der Waals surface area contributed by atoms with Crippen LogP contribution in [0.2, 0.25) is 0 Å². The van der Waals surface area contributed by atoms with Crippen LogP contribution in [-0.2, 0) is 5.33 Å². The molecule has 0 atom stereocenters. The second-order valence-corrected chi connectivity index (χ2v) is 4.75. The number of halogens is 2. The Kier molecular flexibility index (Phi) is 3.26. The van der Waals surface area contributed by atoms with Gasteiger partial charge in [0, 0.05) is 16.1 Å². The van der Waals surface area contributed by atoms with Gasteiger partial charge in [-0.2, -0.15) is 0 Å². The standard InChI is InChI=1S/C11H9Br2NO/c1-7-4-8(13)2-3-10(7)11-5-9(6-12)15-14-11/h2-5H,6H2,1H3. The fourth-order valence-corrected chi connectivity index (χ4v) is 2.16. The molecule has 0 bridgehead atoms. The molecule has 0 saturated heterocycles. The molecule has 0 radical (unpaired) electrons. The van der Waals surface area contributed by atoms with Crippen molar-refractivity contribution in [3.05, 3.63) is 40.1 Å². The molecule has 2 aromatic rings. The van der Waals surface area contributed by atoms with Gasteiger partial charge in [-0.05, 0) is 24.6 Å². The SMILES string of the molecule is Cc1cc(Br)ccc1-c1cc(CBr)on1. The number of hydrogen-bond acceptors (Lipinski definition) is 2. The van der Waals surface area contributed by atoms with E-state index < -0.39 is 0 Å². The molecule has 0 aliphatic rings. The van der Waals surface area contributed by atoms with Gasteiger partial charge in [0.1, 0.15) is 11.5 Å². The number of alkyl halides is 1. The van der Waals surface area contributed by atoms with E-state index in [0.717, 1.165) is 21.5 Å². The van der Waals surface area contributed by atoms with Gasteiger partial charge in [0.15, 0.2) is 0 Å². The van der Waals surface area contributed by atoms with Crippen LogP contribution in [0.4, 0.5) is 0 Å². The van der Waals surface area contributed by atoms with E-state index in [1.807, 2.05) is 18.2 Å². The fraction of sp³-hybridized carbons (Fsp3) is 0.182. The van der Waals surface area contributed by atoms with Crippen LogP contribution in [0.15, 0.2) is 33.3 Å². The summed E-state index contributed by atoms with van der Waals surface area (Å²) in [6, 6.07) is 8.06. The van der Waals surface area contributed by atoms with Crippen molar-refractivity contribution in [2.75, 3.05) is 0 Å². The molecular formula is C11H9Br2NO. The van der Waals surface area contributed by atoms with Crippen LogP contribution in [0.1, 0.15) is 11.3 Å². The van der Waals surface area contributed by atoms with E-state index in [9.17, 15) is 0 Å². The maximum atomic E-state index is 5.14. The average Bonchev–Trinajstić information content (AvgIpc) is 2.66. The first-order chi connectivity index (χ1) is 7.20. The molecule has 2 rings (SSSR count). The van der Waals surface area contributed by atoms with Crippen LogP contribution < -0.4 is 0 Å². The lowest BCUT2D eigenvalue weighted by Crippen LogP contribution is -1.82. The Morgan fingerprint density at radius 1 is 1.33 bits per heavy atom. The first-order valence-corrected chi connectivity index (χ1v) is 6.40. The van der Waals surface area contributed by atoms with Crippen LogP contribution in [0.3, 0.4) is 0 Å². The predicted octanol–water partition coefficient (Wildman–Crippen LogP) is 4.31. The molecule has 0 N–H and O–H groups in total. The Balaban J connectivity index is 2.44. The Hall–Kier alpha value is -0.610. The minimum Gasteiger partial charge on any atom is -0.360 e. The Morgan fingerprint density at radius 3 is 2.73 bits per heavy atom. The van der Waals surface area contributed by atoms with Gasteiger partial charge in [0.2, 0.25) is 0 Å². The van der Waals surface area contributed by atoms with Crippen molar-refractivity contribution in [1.82, 2.24) is 5.16 Å². The van der Waals surface area contributed by atoms with Crippen molar-refractivity contribution in [3.63, 3.8) is 0 Å². The quantitative estimate of drug-likeness (QED) is 0.767. The smallest absolute Gasteiger partial charge is 0.147 e. The molecule has 78 valence electrons. The number of hydrogen-bond donors (Lipinski definition) is 0. The van der Waals surface area contributed by atoms with Gasteiger partial charge in [-0.3, -0.25) is 0 Å². The summed E-state index contributed by atoms with van der Waals surface area (Å²) in [7, 11) is 0. The second kappa shape index (κ2) is 4.49. The number of rotatable bonds is 2. The highest BCUT2D eigenvalue weighted by Crippen LogP contribution is 2.26. The summed E-state index contributed by atoms with van der Waals surface area (Å²) in [4.78, 5) is 0. The fourth-order valence-electron chi connectivity index (χ4n) is 1.42. The molecule has 0 aliphatic carbocycles. The zero-order chi connectivity index (χ0) is 10.8. The Morgan fingerprint density at radius 2 is 2.13 bits per heavy atom. The van der Waals surface area contributed by atoms with E-state index >= 15 is 0 Å². The summed E-state index contributed by atoms with van der Waals surface area (Å²) in [5.74, 6) is 0.840. The average molecular weight is 331 g/mol. The van der Waals surface area contributed by atoms with Crippen molar-refractivity contribution < 1.29 is 4.52 Å². The van der Waals surface area contributed by atoms with Crippen LogP contribution in [0.25, 0.3) is 11.3 Å². The molecule has 0 spiro atoms. The maximum Gasteiger partial charge on any atom is 0.147 e. The maximum absolute atomic E-state index is 5.14. The van der Waals surface area contributed by atoms with E-state index in [-0.39, 0.29) is 0 Å². The van der Waals surface area contributed by atoms with Crippen LogP contribution in [0, 0.1) is 6.92 Å². The first kappa shape index (κ1) is 10.9. The number of nitrogens with zero attached hydrogens (tertiary/aromatic N) is 1. The minimum atomic E-state index is 0.690. The van der Waals surface area contributed by atoms with E-state index in [1.54, 1.807) is 0 Å². The lowest BCUT2D eigenvalue weighted by molar-refractivity contribution is 0.398. The summed E-state index contributed by atoms with van der Waals surface area (Å²) >= 11 is 6.77. The summed E-state index contributed by atoms with van der Waals surface area (Å²) in [6.45, 7) is 2.06. The lowest BCUT2D eigenvalue weighted by atomic mass is 10.1. The monoisotopic (exact) mass is 329 g/mol. The van der Waals surface area contributed by atoms with E-state index in [4.69, 9.17) is 4.52 Å². The van der Waals surface area contributed by atoms with Crippen LogP contribution in [-0.4, -0.2) is 5.16 Å². The topological polar surface area (TPSA) is 26.0 Å². The highest BCUT2D eigenvalue weighted by Gasteiger charge is 2.08. The molecule has 2 nitrogen and oxygen atoms in total. The number of benzene rings is 1. The van der Waals surface area contributed by atoms with E-state index in [0.29, 0.717) is 5.33 Å². The van der Waals surface area contributed by atoms with Gasteiger partial charge < -0.3 is 4.52 Å². The Labute approximate surface area is 105 Å². The predicted molar refractivity (Wildman–Crippen MR) is 67.0 cm³/mol. The Bertz CT molecular complexity index is 479. The van der Waals surface area contributed by atoms with Crippen LogP contribution >= 0.6 is 31.9 Å². The minimum absolute atomic E-state index is 0.690. The third-order valence-corrected chi connectivity index (χ3v) is 3.20. The van der Waals surface area contributed by atoms with Gasteiger partial charge in [-0.25, -0.2) is 0 Å². The summed E-state index contributed by atoms with van der Waals surface area (Å²) < 4.78 is 6.22. The number of aromatic nitrogens is 1. The molecule has 0 amide bonds. The van der Waals surface area contributed by atoms with Gasteiger partial charge >= 0.3 is 0 Å².